The van der Waals surface area contributed by atoms with Gasteiger partial charge in [0.15, 0.2) is 0 Å². The second-order valence-corrected chi connectivity index (χ2v) is 11.9. The number of aromatic nitrogens is 6. The summed E-state index contributed by atoms with van der Waals surface area (Å²) in [6.45, 7) is 0. The standard InChI is InChI=1S/C26H28N10O4S2/c27-21(39)15-4-6-17(29-11-15)9-19(37)31-25-35-33-23(41-25)13-2-1-3-14(8-13)24-34-36-26(42-24)32-20(38)10-18-7-5-16(12-30-18)22(28)40/h4-7,11-14,19,37H,1-3,8-10H2,(H2,27,39)(H2,28,40)(H,31,35)(H,32,36,38)/t13-,14-,19?/m0/s1. The van der Waals surface area contributed by atoms with Crippen LogP contribution in [-0.2, 0) is 17.6 Å². The molecule has 7 N–H and O–H groups in total. The maximum atomic E-state index is 12.5. The molecule has 218 valence electrons. The Morgan fingerprint density at radius 1 is 0.857 bits per heavy atom. The lowest BCUT2D eigenvalue weighted by Crippen LogP contribution is -2.22. The fraction of sp³-hybridized carbons (Fsp3) is 0.346. The monoisotopic (exact) mass is 608 g/mol. The summed E-state index contributed by atoms with van der Waals surface area (Å²) >= 11 is 2.76. The molecule has 5 rings (SSSR count). The average molecular weight is 609 g/mol. The Kier molecular flexibility index (Phi) is 9.04. The van der Waals surface area contributed by atoms with Crippen molar-refractivity contribution in [3.05, 3.63) is 69.2 Å². The Hall–Kier alpha value is -4.41. The first-order chi connectivity index (χ1) is 20.2. The highest BCUT2D eigenvalue weighted by atomic mass is 32.1. The largest absolute Gasteiger partial charge is 0.373 e. The van der Waals surface area contributed by atoms with Crippen molar-refractivity contribution in [2.45, 2.75) is 56.6 Å². The van der Waals surface area contributed by atoms with Crippen LogP contribution in [0.2, 0.25) is 0 Å². The summed E-state index contributed by atoms with van der Waals surface area (Å²) in [5.74, 6) is -1.05. The molecule has 0 aliphatic heterocycles. The van der Waals surface area contributed by atoms with Crippen molar-refractivity contribution in [2.24, 2.45) is 11.5 Å². The SMILES string of the molecule is NC(=O)c1ccc(CC(=O)Nc2nnc([C@H]3CCC[C@H](c4nnc(NC(O)Cc5ccc(C(N)=O)cn5)s4)C3)s2)nc1. The first-order valence-corrected chi connectivity index (χ1v) is 14.8. The third-order valence-corrected chi connectivity index (χ3v) is 8.77. The predicted molar refractivity (Wildman–Crippen MR) is 155 cm³/mol. The molecule has 1 unspecified atom stereocenters. The molecule has 4 aromatic rings. The number of carbonyl (C=O) groups is 3. The van der Waals surface area contributed by atoms with E-state index in [1.165, 1.54) is 41.1 Å². The minimum atomic E-state index is -0.933. The molecule has 1 aliphatic carbocycles. The zero-order valence-electron chi connectivity index (χ0n) is 22.3. The van der Waals surface area contributed by atoms with E-state index in [1.54, 1.807) is 18.2 Å². The van der Waals surface area contributed by atoms with Crippen LogP contribution in [0.4, 0.5) is 10.3 Å². The van der Waals surface area contributed by atoms with Crippen molar-refractivity contribution in [1.82, 2.24) is 30.4 Å². The molecule has 1 saturated carbocycles. The number of aliphatic hydroxyl groups excluding tert-OH is 1. The van der Waals surface area contributed by atoms with E-state index in [-0.39, 0.29) is 36.1 Å². The summed E-state index contributed by atoms with van der Waals surface area (Å²) < 4.78 is 0. The first-order valence-electron chi connectivity index (χ1n) is 13.1. The molecule has 0 aromatic carbocycles. The summed E-state index contributed by atoms with van der Waals surface area (Å²) in [6, 6.07) is 6.34. The van der Waals surface area contributed by atoms with Gasteiger partial charge in [0.1, 0.15) is 16.2 Å². The van der Waals surface area contributed by atoms with Gasteiger partial charge in [-0.15, -0.1) is 20.4 Å². The zero-order valence-corrected chi connectivity index (χ0v) is 23.9. The number of pyridine rings is 2. The van der Waals surface area contributed by atoms with Gasteiger partial charge < -0.3 is 27.2 Å². The topological polar surface area (TPSA) is 225 Å². The average Bonchev–Trinajstić information content (AvgIpc) is 3.63. The molecule has 14 nitrogen and oxygen atoms in total. The second kappa shape index (κ2) is 13.1. The van der Waals surface area contributed by atoms with Crippen LogP contribution in [0.25, 0.3) is 0 Å². The Morgan fingerprint density at radius 2 is 1.43 bits per heavy atom. The fourth-order valence-electron chi connectivity index (χ4n) is 4.63. The van der Waals surface area contributed by atoms with E-state index >= 15 is 0 Å². The van der Waals surface area contributed by atoms with Crippen molar-refractivity contribution in [2.75, 3.05) is 10.6 Å². The van der Waals surface area contributed by atoms with Gasteiger partial charge in [-0.3, -0.25) is 24.4 Å². The number of nitrogens with one attached hydrogen (secondary N) is 2. The van der Waals surface area contributed by atoms with Crippen LogP contribution in [0.5, 0.6) is 0 Å². The lowest BCUT2D eigenvalue weighted by atomic mass is 9.82. The molecule has 16 heteroatoms. The van der Waals surface area contributed by atoms with Crippen LogP contribution < -0.4 is 22.1 Å². The van der Waals surface area contributed by atoms with Crippen molar-refractivity contribution < 1.29 is 19.5 Å². The highest BCUT2D eigenvalue weighted by Gasteiger charge is 2.29. The van der Waals surface area contributed by atoms with Gasteiger partial charge in [0.25, 0.3) is 0 Å². The zero-order chi connectivity index (χ0) is 29.6. The Morgan fingerprint density at radius 3 is 2.00 bits per heavy atom. The summed E-state index contributed by atoms with van der Waals surface area (Å²) in [6.07, 6.45) is 5.77. The molecule has 4 aromatic heterocycles. The molecule has 4 heterocycles. The molecule has 0 radical (unpaired) electrons. The van der Waals surface area contributed by atoms with Gasteiger partial charge >= 0.3 is 0 Å². The second-order valence-electron chi connectivity index (χ2n) is 9.85. The van der Waals surface area contributed by atoms with E-state index in [9.17, 15) is 19.5 Å². The number of anilines is 2. The number of rotatable bonds is 11. The highest BCUT2D eigenvalue weighted by Crippen LogP contribution is 2.43. The number of nitrogens with zero attached hydrogens (tertiary/aromatic N) is 6. The van der Waals surface area contributed by atoms with Crippen molar-refractivity contribution >= 4 is 50.7 Å². The summed E-state index contributed by atoms with van der Waals surface area (Å²) in [5, 5.41) is 35.9. The van der Waals surface area contributed by atoms with E-state index in [1.807, 2.05) is 0 Å². The number of primary amides is 2. The van der Waals surface area contributed by atoms with Gasteiger partial charge in [-0.2, -0.15) is 0 Å². The highest BCUT2D eigenvalue weighted by molar-refractivity contribution is 7.15. The number of hydrogen-bond acceptors (Lipinski definition) is 13. The normalized spacial score (nSPS) is 17.4. The predicted octanol–water partition coefficient (Wildman–Crippen LogP) is 1.97. The Labute approximate surface area is 248 Å². The first kappa shape index (κ1) is 29.1. The number of aliphatic hydroxyl groups is 1. The van der Waals surface area contributed by atoms with Crippen molar-refractivity contribution in [1.29, 1.82) is 0 Å². The van der Waals surface area contributed by atoms with Gasteiger partial charge in [0.2, 0.25) is 28.0 Å². The van der Waals surface area contributed by atoms with Crippen LogP contribution in [-0.4, -0.2) is 59.4 Å². The quantitative estimate of drug-likeness (QED) is 0.155. The van der Waals surface area contributed by atoms with Crippen molar-refractivity contribution in [3.8, 4) is 0 Å². The van der Waals surface area contributed by atoms with Gasteiger partial charge in [0, 0.05) is 42.0 Å². The summed E-state index contributed by atoms with van der Waals surface area (Å²) in [5.41, 5.74) is 12.1. The van der Waals surface area contributed by atoms with Crippen LogP contribution >= 0.6 is 22.7 Å². The number of nitrogens with two attached hydrogens (primary N) is 2. The summed E-state index contributed by atoms with van der Waals surface area (Å²) in [4.78, 5) is 43.1. The summed E-state index contributed by atoms with van der Waals surface area (Å²) in [7, 11) is 0. The minimum Gasteiger partial charge on any atom is -0.373 e. The van der Waals surface area contributed by atoms with Crippen LogP contribution in [0, 0.1) is 0 Å². The van der Waals surface area contributed by atoms with E-state index < -0.39 is 18.0 Å². The van der Waals surface area contributed by atoms with Crippen LogP contribution in [0.3, 0.4) is 0 Å². The third kappa shape index (κ3) is 7.45. The van der Waals surface area contributed by atoms with E-state index in [0.717, 1.165) is 35.7 Å². The lowest BCUT2D eigenvalue weighted by Gasteiger charge is -2.25. The van der Waals surface area contributed by atoms with E-state index in [0.29, 0.717) is 27.2 Å². The smallest absolute Gasteiger partial charge is 0.250 e. The number of hydrogen-bond donors (Lipinski definition) is 5. The van der Waals surface area contributed by atoms with Gasteiger partial charge in [-0.1, -0.05) is 29.1 Å². The molecular formula is C26H28N10O4S2. The van der Waals surface area contributed by atoms with Crippen LogP contribution in [0.1, 0.15) is 79.6 Å². The molecule has 42 heavy (non-hydrogen) atoms. The number of amides is 3. The van der Waals surface area contributed by atoms with Crippen LogP contribution in [0.15, 0.2) is 36.7 Å². The maximum absolute atomic E-state index is 12.5. The fourth-order valence-corrected chi connectivity index (χ4v) is 6.48. The molecule has 0 saturated heterocycles. The molecule has 3 atom stereocenters. The van der Waals surface area contributed by atoms with E-state index in [4.69, 9.17) is 11.5 Å². The Bertz CT molecular complexity index is 1560. The van der Waals surface area contributed by atoms with Crippen molar-refractivity contribution in [3.63, 3.8) is 0 Å². The van der Waals surface area contributed by atoms with Gasteiger partial charge in [-0.25, -0.2) is 0 Å². The van der Waals surface area contributed by atoms with E-state index in [2.05, 4.69) is 41.0 Å². The molecule has 0 bridgehead atoms. The molecular weight excluding hydrogens is 580 g/mol. The lowest BCUT2D eigenvalue weighted by molar-refractivity contribution is -0.115. The van der Waals surface area contributed by atoms with Gasteiger partial charge in [0.05, 0.1) is 17.5 Å². The number of carbonyl (C=O) groups excluding carboxylic acids is 3. The maximum Gasteiger partial charge on any atom is 0.250 e. The molecule has 1 aliphatic rings. The molecule has 0 spiro atoms. The minimum absolute atomic E-state index is 0.0274. The Balaban J connectivity index is 1.13. The molecule has 1 fully saturated rings. The third-order valence-electron chi connectivity index (χ3n) is 6.75. The van der Waals surface area contributed by atoms with Gasteiger partial charge in [-0.05, 0) is 43.5 Å². The molecule has 3 amide bonds.